The molecule has 0 aliphatic rings. The van der Waals surface area contributed by atoms with Crippen molar-refractivity contribution in [2.75, 3.05) is 11.9 Å². The molecule has 0 atom stereocenters. The third-order valence-electron chi connectivity index (χ3n) is 3.51. The number of carbonyl (C=O) groups is 2. The van der Waals surface area contributed by atoms with Gasteiger partial charge in [-0.25, -0.2) is 4.79 Å². The fraction of sp³-hybridized carbons (Fsp3) is 0.190. The monoisotopic (exact) mass is 364 g/mol. The van der Waals surface area contributed by atoms with Crippen LogP contribution in [0.5, 0.6) is 5.75 Å². The van der Waals surface area contributed by atoms with Gasteiger partial charge in [0.15, 0.2) is 0 Å². The Hall–Kier alpha value is -3.59. The number of amides is 1. The van der Waals surface area contributed by atoms with Gasteiger partial charge in [0.2, 0.25) is 0 Å². The molecule has 0 aromatic heterocycles. The van der Waals surface area contributed by atoms with Gasteiger partial charge in [-0.2, -0.15) is 5.26 Å². The van der Waals surface area contributed by atoms with Gasteiger partial charge in [-0.1, -0.05) is 32.0 Å². The topological polar surface area (TPSA) is 99.4 Å². The number of rotatable bonds is 7. The molecule has 0 heterocycles. The number of hydrogen-bond acceptors (Lipinski definition) is 4. The average molecular weight is 364 g/mol. The Kier molecular flexibility index (Phi) is 6.73. The summed E-state index contributed by atoms with van der Waals surface area (Å²) in [5, 5.41) is 20.8. The van der Waals surface area contributed by atoms with E-state index in [4.69, 9.17) is 9.84 Å². The van der Waals surface area contributed by atoms with Crippen LogP contribution in [0.25, 0.3) is 6.08 Å². The smallest absolute Gasteiger partial charge is 0.335 e. The molecule has 2 rings (SSSR count). The second-order valence-electron chi connectivity index (χ2n) is 6.28. The molecule has 0 unspecified atom stereocenters. The molecule has 0 radical (unpaired) electrons. The van der Waals surface area contributed by atoms with Crippen molar-refractivity contribution in [1.29, 1.82) is 5.26 Å². The summed E-state index contributed by atoms with van der Waals surface area (Å²) >= 11 is 0. The van der Waals surface area contributed by atoms with Crippen LogP contribution < -0.4 is 10.1 Å². The van der Waals surface area contributed by atoms with Crippen molar-refractivity contribution in [3.05, 3.63) is 65.2 Å². The minimum atomic E-state index is -1.10. The SMILES string of the molecule is CC(C)COc1ccc(C=C(C#N)C(=O)Nc2cccc(C(=O)O)c2)cc1. The average Bonchev–Trinajstić information content (AvgIpc) is 2.65. The van der Waals surface area contributed by atoms with Gasteiger partial charge < -0.3 is 15.2 Å². The van der Waals surface area contributed by atoms with E-state index in [-0.39, 0.29) is 11.1 Å². The fourth-order valence-electron chi connectivity index (χ4n) is 2.17. The molecule has 1 amide bonds. The molecule has 138 valence electrons. The predicted octanol–water partition coefficient (Wildman–Crippen LogP) is 3.97. The molecular weight excluding hydrogens is 344 g/mol. The lowest BCUT2D eigenvalue weighted by Crippen LogP contribution is -2.13. The maximum atomic E-state index is 12.3. The summed E-state index contributed by atoms with van der Waals surface area (Å²) in [6, 6.07) is 14.7. The number of nitrogens with zero attached hydrogens (tertiary/aromatic N) is 1. The Morgan fingerprint density at radius 3 is 2.52 bits per heavy atom. The number of ether oxygens (including phenoxy) is 1. The number of carbonyl (C=O) groups excluding carboxylic acids is 1. The first-order valence-electron chi connectivity index (χ1n) is 8.38. The highest BCUT2D eigenvalue weighted by molar-refractivity contribution is 6.10. The van der Waals surface area contributed by atoms with Gasteiger partial charge in [-0.15, -0.1) is 0 Å². The Labute approximate surface area is 157 Å². The summed E-state index contributed by atoms with van der Waals surface area (Å²) in [5.41, 5.74) is 0.940. The minimum absolute atomic E-state index is 0.0484. The van der Waals surface area contributed by atoms with Gasteiger partial charge in [0, 0.05) is 5.69 Å². The number of nitriles is 1. The van der Waals surface area contributed by atoms with E-state index in [1.165, 1.54) is 24.3 Å². The number of hydrogen-bond donors (Lipinski definition) is 2. The van der Waals surface area contributed by atoms with Crippen molar-refractivity contribution >= 4 is 23.6 Å². The predicted molar refractivity (Wildman–Crippen MR) is 102 cm³/mol. The normalized spacial score (nSPS) is 11.0. The van der Waals surface area contributed by atoms with E-state index in [1.807, 2.05) is 6.07 Å². The van der Waals surface area contributed by atoms with E-state index in [2.05, 4.69) is 19.2 Å². The first kappa shape index (κ1) is 19.7. The lowest BCUT2D eigenvalue weighted by Gasteiger charge is -2.08. The third-order valence-corrected chi connectivity index (χ3v) is 3.51. The number of carboxylic acid groups (broad SMARTS) is 1. The molecule has 2 aromatic rings. The molecule has 0 spiro atoms. The van der Waals surface area contributed by atoms with Crippen LogP contribution in [0.3, 0.4) is 0 Å². The molecule has 0 aliphatic carbocycles. The summed E-state index contributed by atoms with van der Waals surface area (Å²) in [6.07, 6.45) is 1.46. The number of nitrogens with one attached hydrogen (secondary N) is 1. The van der Waals surface area contributed by atoms with Crippen molar-refractivity contribution in [3.63, 3.8) is 0 Å². The lowest BCUT2D eigenvalue weighted by molar-refractivity contribution is -0.112. The number of carboxylic acids is 1. The summed E-state index contributed by atoms with van der Waals surface area (Å²) in [5.74, 6) is -0.575. The molecule has 27 heavy (non-hydrogen) atoms. The highest BCUT2D eigenvalue weighted by Gasteiger charge is 2.11. The fourth-order valence-corrected chi connectivity index (χ4v) is 2.17. The van der Waals surface area contributed by atoms with Crippen molar-refractivity contribution in [1.82, 2.24) is 0 Å². The molecule has 0 saturated carbocycles. The first-order chi connectivity index (χ1) is 12.9. The molecule has 0 aliphatic heterocycles. The van der Waals surface area contributed by atoms with E-state index in [1.54, 1.807) is 30.3 Å². The number of anilines is 1. The van der Waals surface area contributed by atoms with Crippen molar-refractivity contribution < 1.29 is 19.4 Å². The quantitative estimate of drug-likeness (QED) is 0.572. The van der Waals surface area contributed by atoms with E-state index in [0.717, 1.165) is 0 Å². The van der Waals surface area contributed by atoms with Crippen LogP contribution in [-0.2, 0) is 4.79 Å². The van der Waals surface area contributed by atoms with Gasteiger partial charge in [0.1, 0.15) is 17.4 Å². The van der Waals surface area contributed by atoms with Gasteiger partial charge in [-0.05, 0) is 47.9 Å². The van der Waals surface area contributed by atoms with Gasteiger partial charge in [0.25, 0.3) is 5.91 Å². The molecule has 6 heteroatoms. The first-order valence-corrected chi connectivity index (χ1v) is 8.38. The minimum Gasteiger partial charge on any atom is -0.493 e. The van der Waals surface area contributed by atoms with Crippen molar-refractivity contribution in [2.45, 2.75) is 13.8 Å². The molecule has 2 aromatic carbocycles. The molecule has 2 N–H and O–H groups in total. The maximum absolute atomic E-state index is 12.3. The number of benzene rings is 2. The lowest BCUT2D eigenvalue weighted by atomic mass is 10.1. The van der Waals surface area contributed by atoms with E-state index in [0.29, 0.717) is 29.5 Å². The maximum Gasteiger partial charge on any atom is 0.335 e. The van der Waals surface area contributed by atoms with E-state index < -0.39 is 11.9 Å². The Morgan fingerprint density at radius 1 is 1.22 bits per heavy atom. The summed E-state index contributed by atoms with van der Waals surface area (Å²) in [6.45, 7) is 4.72. The van der Waals surface area contributed by atoms with E-state index in [9.17, 15) is 14.9 Å². The number of aromatic carboxylic acids is 1. The zero-order valence-corrected chi connectivity index (χ0v) is 15.1. The van der Waals surface area contributed by atoms with Crippen LogP contribution in [0.2, 0.25) is 0 Å². The van der Waals surface area contributed by atoms with Crippen LogP contribution in [0, 0.1) is 17.2 Å². The summed E-state index contributed by atoms with van der Waals surface area (Å²) < 4.78 is 5.60. The Bertz CT molecular complexity index is 893. The van der Waals surface area contributed by atoms with Gasteiger partial charge in [0.05, 0.1) is 12.2 Å². The van der Waals surface area contributed by atoms with Crippen molar-refractivity contribution in [2.24, 2.45) is 5.92 Å². The van der Waals surface area contributed by atoms with Crippen LogP contribution in [-0.4, -0.2) is 23.6 Å². The largest absolute Gasteiger partial charge is 0.493 e. The zero-order chi connectivity index (χ0) is 19.8. The Balaban J connectivity index is 2.11. The van der Waals surface area contributed by atoms with Crippen LogP contribution in [0.1, 0.15) is 29.8 Å². The highest BCUT2D eigenvalue weighted by atomic mass is 16.5. The van der Waals surface area contributed by atoms with Crippen LogP contribution in [0.4, 0.5) is 5.69 Å². The summed E-state index contributed by atoms with van der Waals surface area (Å²) in [7, 11) is 0. The molecule has 0 bridgehead atoms. The molecule has 6 nitrogen and oxygen atoms in total. The molecular formula is C21H20N2O4. The van der Waals surface area contributed by atoms with Gasteiger partial charge in [-0.3, -0.25) is 4.79 Å². The second kappa shape index (κ2) is 9.20. The van der Waals surface area contributed by atoms with Crippen LogP contribution >= 0.6 is 0 Å². The summed E-state index contributed by atoms with van der Waals surface area (Å²) in [4.78, 5) is 23.3. The van der Waals surface area contributed by atoms with Crippen LogP contribution in [0.15, 0.2) is 54.1 Å². The van der Waals surface area contributed by atoms with E-state index >= 15 is 0 Å². The Morgan fingerprint density at radius 2 is 1.93 bits per heavy atom. The molecule has 0 saturated heterocycles. The molecule has 0 fully saturated rings. The van der Waals surface area contributed by atoms with Gasteiger partial charge >= 0.3 is 5.97 Å². The van der Waals surface area contributed by atoms with Crippen molar-refractivity contribution in [3.8, 4) is 11.8 Å². The highest BCUT2D eigenvalue weighted by Crippen LogP contribution is 2.17. The standard InChI is InChI=1S/C21H20N2O4/c1-14(2)13-27-19-8-6-15(7-9-19)10-17(12-22)20(24)23-18-5-3-4-16(11-18)21(25)26/h3-11,14H,13H2,1-2H3,(H,23,24)(H,25,26). The second-order valence-corrected chi connectivity index (χ2v) is 6.28. The third kappa shape index (κ3) is 6.01. The zero-order valence-electron chi connectivity index (χ0n) is 15.1.